The van der Waals surface area contributed by atoms with Crippen LogP contribution in [-0.2, 0) is 0 Å². The monoisotopic (exact) mass is 277 g/mol. The second kappa shape index (κ2) is 6.15. The average Bonchev–Trinajstić information content (AvgIpc) is 2.40. The number of aliphatic hydroxyl groups excluding tert-OH is 1. The highest BCUT2D eigenvalue weighted by atomic mass is 16.5. The zero-order valence-corrected chi connectivity index (χ0v) is 13.1. The van der Waals surface area contributed by atoms with Crippen molar-refractivity contribution >= 4 is 0 Å². The van der Waals surface area contributed by atoms with Gasteiger partial charge in [-0.1, -0.05) is 38.5 Å². The minimum absolute atomic E-state index is 0.0926. The van der Waals surface area contributed by atoms with Gasteiger partial charge in [0, 0.05) is 18.5 Å². The molecule has 0 radical (unpaired) electrons. The van der Waals surface area contributed by atoms with Crippen LogP contribution in [0.3, 0.4) is 0 Å². The van der Waals surface area contributed by atoms with Gasteiger partial charge in [0.05, 0.1) is 0 Å². The molecule has 3 heteroatoms. The summed E-state index contributed by atoms with van der Waals surface area (Å²) in [5.74, 6) is 0.949. The topological polar surface area (TPSA) is 32.7 Å². The Labute approximate surface area is 122 Å². The van der Waals surface area contributed by atoms with Crippen LogP contribution in [0.2, 0.25) is 0 Å². The first-order valence-corrected chi connectivity index (χ1v) is 7.52. The Hall–Kier alpha value is -1.06. The molecular formula is C17H27NO2. The van der Waals surface area contributed by atoms with Crippen LogP contribution in [0.4, 0.5) is 0 Å². The first kappa shape index (κ1) is 15.3. The summed E-state index contributed by atoms with van der Waals surface area (Å²) < 4.78 is 6.02. The molecule has 1 fully saturated rings. The molecule has 1 N–H and O–H groups in total. The van der Waals surface area contributed by atoms with Gasteiger partial charge in [-0.25, -0.2) is 0 Å². The molecule has 3 nitrogen and oxygen atoms in total. The summed E-state index contributed by atoms with van der Waals surface area (Å²) in [5, 5.41) is 10.3. The van der Waals surface area contributed by atoms with Crippen molar-refractivity contribution in [3.63, 3.8) is 0 Å². The molecule has 0 spiro atoms. The van der Waals surface area contributed by atoms with Crippen LogP contribution in [0.1, 0.15) is 39.2 Å². The molecule has 1 aliphatic rings. The van der Waals surface area contributed by atoms with Crippen LogP contribution in [0.5, 0.6) is 5.75 Å². The van der Waals surface area contributed by atoms with Gasteiger partial charge in [0.1, 0.15) is 18.1 Å². The Morgan fingerprint density at radius 1 is 1.15 bits per heavy atom. The van der Waals surface area contributed by atoms with Gasteiger partial charge >= 0.3 is 0 Å². The van der Waals surface area contributed by atoms with Crippen LogP contribution in [0.15, 0.2) is 24.3 Å². The van der Waals surface area contributed by atoms with Crippen molar-refractivity contribution < 1.29 is 9.84 Å². The molecule has 1 aromatic rings. The van der Waals surface area contributed by atoms with Crippen molar-refractivity contribution in [3.05, 3.63) is 29.8 Å². The molecule has 2 rings (SSSR count). The number of rotatable bonds is 3. The highest BCUT2D eigenvalue weighted by molar-refractivity contribution is 5.26. The van der Waals surface area contributed by atoms with Crippen molar-refractivity contribution in [2.75, 3.05) is 13.1 Å². The third-order valence-corrected chi connectivity index (χ3v) is 3.92. The van der Waals surface area contributed by atoms with Crippen LogP contribution in [0, 0.1) is 12.3 Å². The normalized spacial score (nSPS) is 19.9. The predicted octanol–water partition coefficient (Wildman–Crippen LogP) is 3.20. The van der Waals surface area contributed by atoms with E-state index >= 15 is 0 Å². The molecule has 1 heterocycles. The standard InChI is InChI=1S/C17H27NO2/c1-13-5-7-14(8-6-13)20-15-9-11-18(12-10-15)16(19)17(2,3)4/h5-8,15-16,19H,9-12H2,1-4H3. The lowest BCUT2D eigenvalue weighted by atomic mass is 9.92. The fourth-order valence-electron chi connectivity index (χ4n) is 2.60. The van der Waals surface area contributed by atoms with E-state index in [0.29, 0.717) is 0 Å². The van der Waals surface area contributed by atoms with Gasteiger partial charge in [0.15, 0.2) is 0 Å². The summed E-state index contributed by atoms with van der Waals surface area (Å²) in [5.41, 5.74) is 1.16. The number of likely N-dealkylation sites (tertiary alicyclic amines) is 1. The minimum atomic E-state index is -0.372. The van der Waals surface area contributed by atoms with E-state index < -0.39 is 0 Å². The third kappa shape index (κ3) is 3.97. The van der Waals surface area contributed by atoms with E-state index in [9.17, 15) is 5.11 Å². The fourth-order valence-corrected chi connectivity index (χ4v) is 2.60. The van der Waals surface area contributed by atoms with Crippen LogP contribution in [0.25, 0.3) is 0 Å². The molecule has 1 aromatic carbocycles. The summed E-state index contributed by atoms with van der Waals surface area (Å²) in [7, 11) is 0. The van der Waals surface area contributed by atoms with Crippen molar-refractivity contribution in [2.24, 2.45) is 5.41 Å². The molecule has 1 atom stereocenters. The SMILES string of the molecule is Cc1ccc(OC2CCN(C(O)C(C)(C)C)CC2)cc1. The first-order chi connectivity index (χ1) is 9.36. The number of ether oxygens (including phenoxy) is 1. The second-order valence-corrected chi connectivity index (χ2v) is 6.91. The van der Waals surface area contributed by atoms with Gasteiger partial charge in [0.2, 0.25) is 0 Å². The van der Waals surface area contributed by atoms with Crippen molar-refractivity contribution in [2.45, 2.75) is 52.9 Å². The molecule has 0 aliphatic carbocycles. The zero-order chi connectivity index (χ0) is 14.8. The van der Waals surface area contributed by atoms with Gasteiger partial charge in [-0.3, -0.25) is 4.90 Å². The lowest BCUT2D eigenvalue weighted by Crippen LogP contribution is -2.49. The minimum Gasteiger partial charge on any atom is -0.490 e. The van der Waals surface area contributed by atoms with E-state index in [1.807, 2.05) is 12.1 Å². The van der Waals surface area contributed by atoms with E-state index in [1.165, 1.54) is 5.56 Å². The molecule has 0 aromatic heterocycles. The molecule has 0 amide bonds. The number of nitrogens with zero attached hydrogens (tertiary/aromatic N) is 1. The number of benzene rings is 1. The van der Waals surface area contributed by atoms with Crippen LogP contribution < -0.4 is 4.74 Å². The Kier molecular flexibility index (Phi) is 4.71. The maximum atomic E-state index is 10.3. The van der Waals surface area contributed by atoms with E-state index in [-0.39, 0.29) is 17.7 Å². The number of hydrogen-bond donors (Lipinski definition) is 1. The van der Waals surface area contributed by atoms with Crippen molar-refractivity contribution in [1.29, 1.82) is 0 Å². The number of aryl methyl sites for hydroxylation is 1. The zero-order valence-electron chi connectivity index (χ0n) is 13.1. The average molecular weight is 277 g/mol. The molecule has 1 aliphatic heterocycles. The first-order valence-electron chi connectivity index (χ1n) is 7.52. The summed E-state index contributed by atoms with van der Waals surface area (Å²) in [6, 6.07) is 8.22. The second-order valence-electron chi connectivity index (χ2n) is 6.91. The molecule has 1 saturated heterocycles. The molecule has 0 bridgehead atoms. The molecule has 1 unspecified atom stereocenters. The quantitative estimate of drug-likeness (QED) is 0.921. The highest BCUT2D eigenvalue weighted by Crippen LogP contribution is 2.26. The lowest BCUT2D eigenvalue weighted by Gasteiger charge is -2.40. The smallest absolute Gasteiger partial charge is 0.119 e. The van der Waals surface area contributed by atoms with Crippen molar-refractivity contribution in [1.82, 2.24) is 4.90 Å². The van der Waals surface area contributed by atoms with E-state index in [1.54, 1.807) is 0 Å². The van der Waals surface area contributed by atoms with E-state index in [2.05, 4.69) is 44.7 Å². The summed E-state index contributed by atoms with van der Waals surface area (Å²) in [6.45, 7) is 10.1. The van der Waals surface area contributed by atoms with Crippen LogP contribution in [-0.4, -0.2) is 35.4 Å². The molecule has 0 saturated carbocycles. The Balaban J connectivity index is 1.84. The summed E-state index contributed by atoms with van der Waals surface area (Å²) in [4.78, 5) is 2.16. The van der Waals surface area contributed by atoms with E-state index in [0.717, 1.165) is 31.7 Å². The van der Waals surface area contributed by atoms with Gasteiger partial charge in [-0.15, -0.1) is 0 Å². The Morgan fingerprint density at radius 2 is 1.70 bits per heavy atom. The van der Waals surface area contributed by atoms with Gasteiger partial charge in [0.25, 0.3) is 0 Å². The number of aliphatic hydroxyl groups is 1. The summed E-state index contributed by atoms with van der Waals surface area (Å²) in [6.07, 6.45) is 1.84. The molecular weight excluding hydrogens is 250 g/mol. The predicted molar refractivity (Wildman–Crippen MR) is 81.9 cm³/mol. The van der Waals surface area contributed by atoms with Crippen molar-refractivity contribution in [3.8, 4) is 5.75 Å². The van der Waals surface area contributed by atoms with Gasteiger partial charge < -0.3 is 9.84 Å². The summed E-state index contributed by atoms with van der Waals surface area (Å²) >= 11 is 0. The van der Waals surface area contributed by atoms with Crippen LogP contribution >= 0.6 is 0 Å². The maximum Gasteiger partial charge on any atom is 0.119 e. The Morgan fingerprint density at radius 3 is 2.20 bits per heavy atom. The number of hydrogen-bond acceptors (Lipinski definition) is 3. The van der Waals surface area contributed by atoms with Gasteiger partial charge in [-0.2, -0.15) is 0 Å². The lowest BCUT2D eigenvalue weighted by molar-refractivity contribution is -0.0884. The molecule has 112 valence electrons. The Bertz CT molecular complexity index is 414. The van der Waals surface area contributed by atoms with Gasteiger partial charge in [-0.05, 0) is 31.9 Å². The largest absolute Gasteiger partial charge is 0.490 e. The van der Waals surface area contributed by atoms with E-state index in [4.69, 9.17) is 4.74 Å². The fraction of sp³-hybridized carbons (Fsp3) is 0.647. The third-order valence-electron chi connectivity index (χ3n) is 3.92. The molecule has 20 heavy (non-hydrogen) atoms. The highest BCUT2D eigenvalue weighted by Gasteiger charge is 2.31. The number of piperidine rings is 1. The maximum absolute atomic E-state index is 10.3.